The molecule has 0 aliphatic heterocycles. The molecule has 0 aliphatic carbocycles. The molecule has 0 spiro atoms. The molecule has 0 atom stereocenters. The van der Waals surface area contributed by atoms with Crippen molar-refractivity contribution in [3.05, 3.63) is 24.3 Å². The third-order valence-electron chi connectivity index (χ3n) is 1.86. The average Bonchev–Trinajstić information content (AvgIpc) is 2.27. The molecule has 1 aromatic rings. The topological polar surface area (TPSA) is 98.7 Å². The van der Waals surface area contributed by atoms with E-state index >= 15 is 0 Å². The minimum atomic E-state index is -0.949. The Morgan fingerprint density at radius 2 is 1.76 bits per heavy atom. The van der Waals surface area contributed by atoms with Gasteiger partial charge in [-0.15, -0.1) is 6.42 Å². The Labute approximate surface area is 98.1 Å². The number of hydrogen-bond acceptors (Lipinski definition) is 3. The molecule has 0 radical (unpaired) electrons. The van der Waals surface area contributed by atoms with E-state index in [0.29, 0.717) is 10.6 Å². The van der Waals surface area contributed by atoms with E-state index in [4.69, 9.17) is 22.6 Å². The van der Waals surface area contributed by atoms with Gasteiger partial charge in [-0.05, 0) is 24.3 Å². The van der Waals surface area contributed by atoms with Crippen LogP contribution < -0.4 is 21.1 Å². The van der Waals surface area contributed by atoms with Gasteiger partial charge < -0.3 is 16.2 Å². The van der Waals surface area contributed by atoms with Crippen LogP contribution in [0.25, 0.3) is 0 Å². The first kappa shape index (κ1) is 12.4. The Kier molecular flexibility index (Phi) is 3.95. The maximum Gasteiger partial charge on any atom is 0.327 e. The molecule has 0 heterocycles. The quantitative estimate of drug-likeness (QED) is 0.750. The first-order valence-electron chi connectivity index (χ1n) is 4.61. The van der Waals surface area contributed by atoms with Gasteiger partial charge >= 0.3 is 12.1 Å². The lowest BCUT2D eigenvalue weighted by molar-refractivity contribution is 0.243. The monoisotopic (exact) mass is 233 g/mol. The first-order valence-corrected chi connectivity index (χ1v) is 4.61. The molecule has 88 valence electrons. The number of terminal acetylenes is 1. The molecule has 0 saturated carbocycles. The molecule has 6 nitrogen and oxygen atoms in total. The highest BCUT2D eigenvalue weighted by Crippen LogP contribution is 2.19. The first-order chi connectivity index (χ1) is 8.06. The van der Waals surface area contributed by atoms with E-state index in [1.54, 1.807) is 12.1 Å². The van der Waals surface area contributed by atoms with E-state index in [-0.39, 0.29) is 12.3 Å². The van der Waals surface area contributed by atoms with Crippen molar-refractivity contribution in [1.29, 1.82) is 0 Å². The van der Waals surface area contributed by atoms with Crippen LogP contribution in [-0.4, -0.2) is 18.7 Å². The van der Waals surface area contributed by atoms with E-state index in [0.717, 1.165) is 0 Å². The van der Waals surface area contributed by atoms with Crippen molar-refractivity contribution in [3.63, 3.8) is 0 Å². The number of benzene rings is 1. The van der Waals surface area contributed by atoms with Gasteiger partial charge in [0.2, 0.25) is 0 Å². The summed E-state index contributed by atoms with van der Waals surface area (Å²) in [4.78, 5) is 22.6. The Morgan fingerprint density at radius 3 is 2.18 bits per heavy atom. The van der Waals surface area contributed by atoms with Crippen molar-refractivity contribution < 1.29 is 14.3 Å². The molecule has 6 heteroatoms. The SMILES string of the molecule is C#CCOc1ccc(N(C(N)=O)C(N)=O)cc1. The van der Waals surface area contributed by atoms with Gasteiger partial charge in [0.1, 0.15) is 12.4 Å². The highest BCUT2D eigenvalue weighted by atomic mass is 16.5. The summed E-state index contributed by atoms with van der Waals surface area (Å²) in [6, 6.07) is 4.14. The maximum atomic E-state index is 11.0. The van der Waals surface area contributed by atoms with Crippen LogP contribution in [0.2, 0.25) is 0 Å². The summed E-state index contributed by atoms with van der Waals surface area (Å²) in [7, 11) is 0. The zero-order chi connectivity index (χ0) is 12.8. The van der Waals surface area contributed by atoms with Gasteiger partial charge in [-0.1, -0.05) is 5.92 Å². The van der Waals surface area contributed by atoms with Crippen molar-refractivity contribution in [3.8, 4) is 18.1 Å². The van der Waals surface area contributed by atoms with Crippen LogP contribution in [0.3, 0.4) is 0 Å². The number of hydrogen-bond donors (Lipinski definition) is 2. The Bertz CT molecular complexity index is 448. The fourth-order valence-electron chi connectivity index (χ4n) is 1.18. The molecule has 1 rings (SSSR count). The molecule has 0 bridgehead atoms. The van der Waals surface area contributed by atoms with Crippen molar-refractivity contribution in [2.45, 2.75) is 0 Å². The summed E-state index contributed by atoms with van der Waals surface area (Å²) in [6.07, 6.45) is 5.03. The highest BCUT2D eigenvalue weighted by molar-refractivity contribution is 6.12. The van der Waals surface area contributed by atoms with Gasteiger partial charge in [0.25, 0.3) is 0 Å². The zero-order valence-corrected chi connectivity index (χ0v) is 8.92. The van der Waals surface area contributed by atoms with Crippen molar-refractivity contribution in [2.75, 3.05) is 11.5 Å². The molecular weight excluding hydrogens is 222 g/mol. The lowest BCUT2D eigenvalue weighted by atomic mass is 10.3. The number of nitrogens with two attached hydrogens (primary N) is 2. The number of nitrogens with zero attached hydrogens (tertiary/aromatic N) is 1. The summed E-state index contributed by atoms with van der Waals surface area (Å²) < 4.78 is 5.12. The number of carbonyl (C=O) groups is 2. The molecule has 1 aromatic carbocycles. The smallest absolute Gasteiger partial charge is 0.327 e. The number of primary amides is 2. The Hall–Kier alpha value is -2.68. The van der Waals surface area contributed by atoms with Gasteiger partial charge in [-0.25, -0.2) is 14.5 Å². The third-order valence-corrected chi connectivity index (χ3v) is 1.86. The predicted octanol–water partition coefficient (Wildman–Crippen LogP) is 0.662. The van der Waals surface area contributed by atoms with Gasteiger partial charge in [-0.3, -0.25) is 0 Å². The molecular formula is C11H11N3O3. The number of urea groups is 2. The van der Waals surface area contributed by atoms with E-state index in [1.807, 2.05) is 0 Å². The second-order valence-corrected chi connectivity index (χ2v) is 3.00. The highest BCUT2D eigenvalue weighted by Gasteiger charge is 2.17. The number of carbonyl (C=O) groups excluding carboxylic acids is 2. The van der Waals surface area contributed by atoms with Crippen molar-refractivity contribution in [2.24, 2.45) is 11.5 Å². The molecule has 0 fully saturated rings. The van der Waals surface area contributed by atoms with Crippen molar-refractivity contribution >= 4 is 17.7 Å². The summed E-state index contributed by atoms with van der Waals surface area (Å²) in [5.74, 6) is 2.82. The molecule has 17 heavy (non-hydrogen) atoms. The minimum absolute atomic E-state index is 0.134. The van der Waals surface area contributed by atoms with E-state index in [9.17, 15) is 9.59 Å². The largest absolute Gasteiger partial charge is 0.481 e. The van der Waals surface area contributed by atoms with Crippen LogP contribution in [0.4, 0.5) is 15.3 Å². The van der Waals surface area contributed by atoms with Crippen molar-refractivity contribution in [1.82, 2.24) is 0 Å². The van der Waals surface area contributed by atoms with Gasteiger partial charge in [0, 0.05) is 0 Å². The molecule has 0 saturated heterocycles. The van der Waals surface area contributed by atoms with E-state index in [2.05, 4.69) is 5.92 Å². The van der Waals surface area contributed by atoms with Crippen LogP contribution in [-0.2, 0) is 0 Å². The summed E-state index contributed by atoms with van der Waals surface area (Å²) >= 11 is 0. The van der Waals surface area contributed by atoms with Crippen LogP contribution in [0, 0.1) is 12.3 Å². The fourth-order valence-corrected chi connectivity index (χ4v) is 1.18. The summed E-state index contributed by atoms with van der Waals surface area (Å²) in [6.45, 7) is 0.134. The van der Waals surface area contributed by atoms with Gasteiger partial charge in [0.05, 0.1) is 5.69 Å². The predicted molar refractivity (Wildman–Crippen MR) is 62.4 cm³/mol. The molecule has 0 unspecified atom stereocenters. The Balaban J connectivity index is 2.89. The van der Waals surface area contributed by atoms with Crippen LogP contribution in [0.15, 0.2) is 24.3 Å². The van der Waals surface area contributed by atoms with Crippen LogP contribution in [0.1, 0.15) is 0 Å². The molecule has 4 amide bonds. The standard InChI is InChI=1S/C11H11N3O3/c1-2-7-17-9-5-3-8(4-6-9)14(10(12)15)11(13)16/h1,3-6H,7H2,(H2,12,15)(H2,13,16). The number of anilines is 1. The van der Waals surface area contributed by atoms with Crippen LogP contribution >= 0.6 is 0 Å². The number of ether oxygens (including phenoxy) is 1. The van der Waals surface area contributed by atoms with Gasteiger partial charge in [0.15, 0.2) is 0 Å². The molecule has 4 N–H and O–H groups in total. The van der Waals surface area contributed by atoms with E-state index < -0.39 is 12.1 Å². The fraction of sp³-hybridized carbons (Fsp3) is 0.0909. The van der Waals surface area contributed by atoms with Crippen LogP contribution in [0.5, 0.6) is 5.75 Å². The summed E-state index contributed by atoms with van der Waals surface area (Å²) in [5, 5.41) is 0. The lowest BCUT2D eigenvalue weighted by Crippen LogP contribution is -2.44. The molecule has 0 aromatic heterocycles. The lowest BCUT2D eigenvalue weighted by Gasteiger charge is -2.15. The maximum absolute atomic E-state index is 11.0. The number of imide groups is 1. The summed E-state index contributed by atoms with van der Waals surface area (Å²) in [5.41, 5.74) is 10.3. The second kappa shape index (κ2) is 5.42. The number of rotatable bonds is 3. The van der Waals surface area contributed by atoms with Gasteiger partial charge in [-0.2, -0.15) is 0 Å². The number of amides is 4. The zero-order valence-electron chi connectivity index (χ0n) is 8.92. The Morgan fingerprint density at radius 1 is 1.24 bits per heavy atom. The third kappa shape index (κ3) is 3.14. The minimum Gasteiger partial charge on any atom is -0.481 e. The van der Waals surface area contributed by atoms with E-state index in [1.165, 1.54) is 12.1 Å². The average molecular weight is 233 g/mol. The molecule has 0 aliphatic rings. The normalized spacial score (nSPS) is 9.12. The second-order valence-electron chi connectivity index (χ2n) is 3.00.